The van der Waals surface area contributed by atoms with Crippen LogP contribution in [-0.2, 0) is 14.3 Å². The van der Waals surface area contributed by atoms with E-state index in [4.69, 9.17) is 9.47 Å². The Labute approximate surface area is 170 Å². The molecule has 6 heteroatoms. The van der Waals surface area contributed by atoms with Crippen LogP contribution < -0.4 is 4.90 Å². The standard InChI is InChI=1S/C22H27NO4S/c1-3-7-22(8-4-2)14-28-21-19(25)18(24)16-6-5-15(13-17(16)20(21)27-22)23-9-11-26-12-10-23/h5-6,13H,3-4,7-12,14H2,1-2H3. The van der Waals surface area contributed by atoms with Crippen LogP contribution in [-0.4, -0.2) is 49.2 Å². The van der Waals surface area contributed by atoms with Crippen molar-refractivity contribution in [3.63, 3.8) is 0 Å². The molecule has 3 aliphatic rings. The molecule has 0 radical (unpaired) electrons. The van der Waals surface area contributed by atoms with Gasteiger partial charge in [0.2, 0.25) is 11.6 Å². The van der Waals surface area contributed by atoms with Crippen molar-refractivity contribution in [2.24, 2.45) is 0 Å². The third-order valence-electron chi connectivity index (χ3n) is 5.70. The fraction of sp³-hybridized carbons (Fsp3) is 0.545. The van der Waals surface area contributed by atoms with Crippen LogP contribution in [0.4, 0.5) is 5.69 Å². The molecule has 1 saturated heterocycles. The Kier molecular flexibility index (Phi) is 5.52. The van der Waals surface area contributed by atoms with Crippen LogP contribution in [0.1, 0.15) is 55.5 Å². The van der Waals surface area contributed by atoms with E-state index in [0.29, 0.717) is 29.4 Å². The summed E-state index contributed by atoms with van der Waals surface area (Å²) >= 11 is 1.50. The molecule has 1 aliphatic carbocycles. The Morgan fingerprint density at radius 3 is 2.43 bits per heavy atom. The minimum Gasteiger partial charge on any atom is -0.484 e. The summed E-state index contributed by atoms with van der Waals surface area (Å²) in [5, 5.41) is 0. The zero-order valence-electron chi connectivity index (χ0n) is 16.6. The van der Waals surface area contributed by atoms with Crippen molar-refractivity contribution in [1.82, 2.24) is 0 Å². The molecule has 5 nitrogen and oxygen atoms in total. The SMILES string of the molecule is CCCC1(CCC)CSC2=C(O1)c1cc(N3CCOCC3)ccc1C(=O)C2=O. The average molecular weight is 402 g/mol. The van der Waals surface area contributed by atoms with Crippen molar-refractivity contribution in [3.8, 4) is 0 Å². The first-order valence-corrected chi connectivity index (χ1v) is 11.2. The highest BCUT2D eigenvalue weighted by molar-refractivity contribution is 8.04. The van der Waals surface area contributed by atoms with Gasteiger partial charge in [0.1, 0.15) is 16.3 Å². The fourth-order valence-corrected chi connectivity index (χ4v) is 5.61. The Morgan fingerprint density at radius 2 is 1.75 bits per heavy atom. The number of hydrogen-bond donors (Lipinski definition) is 0. The molecule has 0 saturated carbocycles. The molecule has 0 N–H and O–H groups in total. The lowest BCUT2D eigenvalue weighted by Gasteiger charge is -2.41. The second-order valence-corrected chi connectivity index (χ2v) is 8.71. The van der Waals surface area contributed by atoms with Crippen molar-refractivity contribution < 1.29 is 19.1 Å². The van der Waals surface area contributed by atoms with Gasteiger partial charge < -0.3 is 14.4 Å². The predicted octanol–water partition coefficient (Wildman–Crippen LogP) is 4.06. The van der Waals surface area contributed by atoms with Crippen molar-refractivity contribution in [1.29, 1.82) is 0 Å². The van der Waals surface area contributed by atoms with Crippen molar-refractivity contribution in [3.05, 3.63) is 34.2 Å². The molecule has 0 amide bonds. The molecule has 1 aromatic carbocycles. The van der Waals surface area contributed by atoms with Crippen LogP contribution in [0.15, 0.2) is 23.1 Å². The minimum absolute atomic E-state index is 0.264. The minimum atomic E-state index is -0.423. The second kappa shape index (κ2) is 7.91. The largest absolute Gasteiger partial charge is 0.484 e. The molecular weight excluding hydrogens is 374 g/mol. The Hall–Kier alpha value is -1.79. The van der Waals surface area contributed by atoms with Crippen LogP contribution in [0.2, 0.25) is 0 Å². The van der Waals surface area contributed by atoms with E-state index in [9.17, 15) is 9.59 Å². The maximum atomic E-state index is 12.7. The normalized spacial score (nSPS) is 21.3. The van der Waals surface area contributed by atoms with E-state index < -0.39 is 11.6 Å². The molecule has 1 aromatic rings. The molecular formula is C22H27NO4S. The van der Waals surface area contributed by atoms with E-state index in [2.05, 4.69) is 18.7 Å². The zero-order valence-corrected chi connectivity index (χ0v) is 17.4. The number of allylic oxidation sites excluding steroid dienone is 1. The molecule has 2 heterocycles. The number of fused-ring (bicyclic) bond motifs is 2. The maximum absolute atomic E-state index is 12.7. The summed E-state index contributed by atoms with van der Waals surface area (Å²) in [7, 11) is 0. The number of ketones is 2. The summed E-state index contributed by atoms with van der Waals surface area (Å²) in [5.74, 6) is 0.503. The number of morpholine rings is 1. The van der Waals surface area contributed by atoms with E-state index in [-0.39, 0.29) is 5.60 Å². The van der Waals surface area contributed by atoms with Crippen LogP contribution in [0, 0.1) is 0 Å². The molecule has 0 unspecified atom stereocenters. The molecule has 0 bridgehead atoms. The van der Waals surface area contributed by atoms with Gasteiger partial charge in [0.15, 0.2) is 0 Å². The molecule has 0 atom stereocenters. The summed E-state index contributed by atoms with van der Waals surface area (Å²) in [5.41, 5.74) is 2.02. The number of carbonyl (C=O) groups excluding carboxylic acids is 2. The number of rotatable bonds is 5. The van der Waals surface area contributed by atoms with Gasteiger partial charge in [-0.25, -0.2) is 0 Å². The number of anilines is 1. The number of thioether (sulfide) groups is 1. The smallest absolute Gasteiger partial charge is 0.243 e. The third-order valence-corrected chi connectivity index (χ3v) is 7.03. The highest BCUT2D eigenvalue weighted by Gasteiger charge is 2.43. The third kappa shape index (κ3) is 3.37. The quantitative estimate of drug-likeness (QED) is 0.694. The highest BCUT2D eigenvalue weighted by atomic mass is 32.2. The fourth-order valence-electron chi connectivity index (χ4n) is 4.35. The van der Waals surface area contributed by atoms with Gasteiger partial charge in [0, 0.05) is 35.7 Å². The molecule has 4 rings (SSSR count). The summed E-state index contributed by atoms with van der Waals surface area (Å²) in [4.78, 5) is 28.1. The summed E-state index contributed by atoms with van der Waals surface area (Å²) in [6.07, 6.45) is 3.95. The van der Waals surface area contributed by atoms with E-state index in [1.165, 1.54) is 11.8 Å². The Balaban J connectivity index is 1.76. The number of benzene rings is 1. The number of Topliss-reactive ketones (excluding diaryl/α,β-unsaturated/α-hetero) is 2. The average Bonchev–Trinajstić information content (AvgIpc) is 2.73. The molecule has 150 valence electrons. The second-order valence-electron chi connectivity index (χ2n) is 7.72. The lowest BCUT2D eigenvalue weighted by Crippen LogP contribution is -2.40. The number of hydrogen-bond acceptors (Lipinski definition) is 6. The first-order valence-electron chi connectivity index (χ1n) is 10.2. The number of ether oxygens (including phenoxy) is 2. The lowest BCUT2D eigenvalue weighted by molar-refractivity contribution is -0.111. The van der Waals surface area contributed by atoms with Gasteiger partial charge in [-0.3, -0.25) is 9.59 Å². The summed E-state index contributed by atoms with van der Waals surface area (Å²) in [6, 6.07) is 5.74. The van der Waals surface area contributed by atoms with Gasteiger partial charge in [-0.05, 0) is 31.0 Å². The van der Waals surface area contributed by atoms with Crippen molar-refractivity contribution in [2.75, 3.05) is 37.0 Å². The molecule has 28 heavy (non-hydrogen) atoms. The van der Waals surface area contributed by atoms with E-state index in [1.54, 1.807) is 6.07 Å². The van der Waals surface area contributed by atoms with E-state index in [0.717, 1.165) is 55.8 Å². The number of carbonyl (C=O) groups is 2. The van der Waals surface area contributed by atoms with Gasteiger partial charge in [0.25, 0.3) is 0 Å². The molecule has 0 spiro atoms. The monoisotopic (exact) mass is 401 g/mol. The van der Waals surface area contributed by atoms with Gasteiger partial charge in [-0.1, -0.05) is 26.7 Å². The summed E-state index contributed by atoms with van der Waals surface area (Å²) < 4.78 is 12.0. The van der Waals surface area contributed by atoms with Crippen LogP contribution >= 0.6 is 11.8 Å². The first-order chi connectivity index (χ1) is 13.6. The zero-order chi connectivity index (χ0) is 19.7. The van der Waals surface area contributed by atoms with Crippen LogP contribution in [0.25, 0.3) is 5.76 Å². The predicted molar refractivity (Wildman–Crippen MR) is 112 cm³/mol. The Morgan fingerprint density at radius 1 is 1.04 bits per heavy atom. The highest BCUT2D eigenvalue weighted by Crippen LogP contribution is 2.47. The van der Waals surface area contributed by atoms with Crippen LogP contribution in [0.5, 0.6) is 0 Å². The van der Waals surface area contributed by atoms with Crippen LogP contribution in [0.3, 0.4) is 0 Å². The van der Waals surface area contributed by atoms with E-state index in [1.807, 2.05) is 12.1 Å². The maximum Gasteiger partial charge on any atom is 0.243 e. The van der Waals surface area contributed by atoms with Gasteiger partial charge in [0.05, 0.1) is 13.2 Å². The van der Waals surface area contributed by atoms with Gasteiger partial charge in [-0.2, -0.15) is 0 Å². The van der Waals surface area contributed by atoms with E-state index >= 15 is 0 Å². The summed E-state index contributed by atoms with van der Waals surface area (Å²) in [6.45, 7) is 7.37. The molecule has 0 aromatic heterocycles. The van der Waals surface area contributed by atoms with Gasteiger partial charge >= 0.3 is 0 Å². The molecule has 2 aliphatic heterocycles. The lowest BCUT2D eigenvalue weighted by atomic mass is 9.90. The van der Waals surface area contributed by atoms with Crippen molar-refractivity contribution >= 4 is 34.8 Å². The first kappa shape index (κ1) is 19.5. The topological polar surface area (TPSA) is 55.8 Å². The molecule has 1 fully saturated rings. The number of nitrogens with zero attached hydrogens (tertiary/aromatic N) is 1. The Bertz CT molecular complexity index is 820. The van der Waals surface area contributed by atoms with Gasteiger partial charge in [-0.15, -0.1) is 11.8 Å². The van der Waals surface area contributed by atoms with Crippen molar-refractivity contribution in [2.45, 2.75) is 45.1 Å².